The number of hydrogen-bond acceptors (Lipinski definition) is 4. The Morgan fingerprint density at radius 1 is 1.35 bits per heavy atom. The van der Waals surface area contributed by atoms with Crippen LogP contribution >= 0.6 is 0 Å². The lowest BCUT2D eigenvalue weighted by molar-refractivity contribution is -0.134. The summed E-state index contributed by atoms with van der Waals surface area (Å²) in [5.74, 6) is -0.833. The van der Waals surface area contributed by atoms with Crippen molar-refractivity contribution in [2.75, 3.05) is 13.1 Å². The van der Waals surface area contributed by atoms with Gasteiger partial charge in [0.05, 0.1) is 0 Å². The molecule has 0 bridgehead atoms. The molecule has 5 nitrogen and oxygen atoms in total. The Morgan fingerprint density at radius 2 is 1.71 bits per heavy atom. The molecule has 1 heterocycles. The van der Waals surface area contributed by atoms with E-state index in [2.05, 4.69) is 37.9 Å². The van der Waals surface area contributed by atoms with Gasteiger partial charge in [-0.1, -0.05) is 0 Å². The summed E-state index contributed by atoms with van der Waals surface area (Å²) in [5, 5.41) is 10.9. The third-order valence-electron chi connectivity index (χ3n) is 2.92. The van der Waals surface area contributed by atoms with Crippen LogP contribution in [0.2, 0.25) is 0 Å². The van der Waals surface area contributed by atoms with Gasteiger partial charge in [0.1, 0.15) is 0 Å². The van der Waals surface area contributed by atoms with Crippen LogP contribution in [0.5, 0.6) is 0 Å². The average molecular weight is 245 g/mol. The predicted octanol–water partition coefficient (Wildman–Crippen LogP) is 0.495. The lowest BCUT2D eigenvalue weighted by atomic mass is 10.1. The Kier molecular flexibility index (Phi) is 7.34. The molecular formula is C12H27N3O2. The number of nitrogens with zero attached hydrogens (tertiary/aromatic N) is 1. The van der Waals surface area contributed by atoms with Crippen LogP contribution in [0.1, 0.15) is 34.6 Å². The van der Waals surface area contributed by atoms with E-state index in [1.165, 1.54) is 0 Å². The molecule has 0 saturated carbocycles. The van der Waals surface area contributed by atoms with Gasteiger partial charge in [-0.2, -0.15) is 0 Å². The SMILES string of the molecule is CC(=O)O.CC1CN(C(C)C(C)N)CC(C)N1. The van der Waals surface area contributed by atoms with Crippen LogP contribution in [0.3, 0.4) is 0 Å². The highest BCUT2D eigenvalue weighted by molar-refractivity contribution is 5.62. The number of hydrogen-bond donors (Lipinski definition) is 3. The fourth-order valence-electron chi connectivity index (χ4n) is 2.03. The van der Waals surface area contributed by atoms with Gasteiger partial charge < -0.3 is 16.2 Å². The third-order valence-corrected chi connectivity index (χ3v) is 2.92. The number of nitrogens with one attached hydrogen (secondary N) is 1. The molecule has 5 heteroatoms. The maximum Gasteiger partial charge on any atom is 0.300 e. The van der Waals surface area contributed by atoms with Gasteiger partial charge in [0.2, 0.25) is 0 Å². The molecule has 0 aromatic heterocycles. The molecule has 1 aliphatic heterocycles. The number of piperazine rings is 1. The molecule has 0 aromatic carbocycles. The summed E-state index contributed by atoms with van der Waals surface area (Å²) in [6.07, 6.45) is 0. The number of carbonyl (C=O) groups is 1. The van der Waals surface area contributed by atoms with Gasteiger partial charge >= 0.3 is 0 Å². The van der Waals surface area contributed by atoms with Crippen LogP contribution in [-0.2, 0) is 4.79 Å². The fourth-order valence-corrected chi connectivity index (χ4v) is 2.03. The molecule has 1 fully saturated rings. The van der Waals surface area contributed by atoms with Crippen LogP contribution in [-0.4, -0.2) is 53.2 Å². The smallest absolute Gasteiger partial charge is 0.300 e. The standard InChI is InChI=1S/C10H23N3.C2H4O2/c1-7-5-13(6-8(2)12-7)10(4)9(3)11;1-2(3)4/h7-10,12H,5-6,11H2,1-4H3;1H3,(H,3,4). The van der Waals surface area contributed by atoms with E-state index in [0.717, 1.165) is 20.0 Å². The molecule has 1 rings (SSSR count). The molecule has 4 atom stereocenters. The van der Waals surface area contributed by atoms with Gasteiger partial charge in [-0.3, -0.25) is 9.69 Å². The summed E-state index contributed by atoms with van der Waals surface area (Å²) in [6.45, 7) is 12.1. The quantitative estimate of drug-likeness (QED) is 0.660. The molecule has 0 aromatic rings. The summed E-state index contributed by atoms with van der Waals surface area (Å²) in [7, 11) is 0. The number of rotatable bonds is 2. The van der Waals surface area contributed by atoms with Gasteiger partial charge in [0, 0.05) is 44.2 Å². The fraction of sp³-hybridized carbons (Fsp3) is 0.917. The monoisotopic (exact) mass is 245 g/mol. The minimum absolute atomic E-state index is 0.262. The molecule has 4 N–H and O–H groups in total. The zero-order valence-electron chi connectivity index (χ0n) is 11.6. The molecular weight excluding hydrogens is 218 g/mol. The normalized spacial score (nSPS) is 28.8. The second-order valence-electron chi connectivity index (χ2n) is 5.04. The minimum atomic E-state index is -0.833. The van der Waals surface area contributed by atoms with Crippen molar-refractivity contribution in [3.63, 3.8) is 0 Å². The van der Waals surface area contributed by atoms with Crippen LogP contribution < -0.4 is 11.1 Å². The highest BCUT2D eigenvalue weighted by atomic mass is 16.4. The topological polar surface area (TPSA) is 78.6 Å². The molecule has 0 amide bonds. The summed E-state index contributed by atoms with van der Waals surface area (Å²) < 4.78 is 0. The van der Waals surface area contributed by atoms with Crippen molar-refractivity contribution in [2.24, 2.45) is 5.73 Å². The molecule has 0 spiro atoms. The molecule has 102 valence electrons. The molecule has 1 saturated heterocycles. The second-order valence-corrected chi connectivity index (χ2v) is 5.04. The summed E-state index contributed by atoms with van der Waals surface area (Å²) in [4.78, 5) is 11.5. The van der Waals surface area contributed by atoms with E-state index in [4.69, 9.17) is 15.6 Å². The average Bonchev–Trinajstić information content (AvgIpc) is 2.13. The Morgan fingerprint density at radius 3 is 2.00 bits per heavy atom. The Labute approximate surface area is 104 Å². The summed E-state index contributed by atoms with van der Waals surface area (Å²) in [5.41, 5.74) is 5.90. The Balaban J connectivity index is 0.000000557. The molecule has 0 radical (unpaired) electrons. The van der Waals surface area contributed by atoms with E-state index in [1.54, 1.807) is 0 Å². The molecule has 1 aliphatic rings. The molecule has 4 unspecified atom stereocenters. The first-order valence-electron chi connectivity index (χ1n) is 6.19. The minimum Gasteiger partial charge on any atom is -0.481 e. The number of carboxylic acid groups (broad SMARTS) is 1. The second kappa shape index (κ2) is 7.63. The lowest BCUT2D eigenvalue weighted by Gasteiger charge is -2.40. The first kappa shape index (κ1) is 16.4. The van der Waals surface area contributed by atoms with Gasteiger partial charge in [0.15, 0.2) is 0 Å². The Bertz CT molecular complexity index is 220. The zero-order chi connectivity index (χ0) is 13.6. The first-order chi connectivity index (χ1) is 7.73. The van der Waals surface area contributed by atoms with Crippen LogP contribution in [0.25, 0.3) is 0 Å². The van der Waals surface area contributed by atoms with Crippen molar-refractivity contribution in [3.05, 3.63) is 0 Å². The largest absolute Gasteiger partial charge is 0.481 e. The van der Waals surface area contributed by atoms with E-state index in [9.17, 15) is 0 Å². The third kappa shape index (κ3) is 7.31. The van der Waals surface area contributed by atoms with E-state index in [0.29, 0.717) is 18.1 Å². The maximum absolute atomic E-state index is 9.00. The summed E-state index contributed by atoms with van der Waals surface area (Å²) in [6, 6.07) is 1.93. The van der Waals surface area contributed by atoms with Gasteiger partial charge in [0.25, 0.3) is 5.97 Å². The highest BCUT2D eigenvalue weighted by Gasteiger charge is 2.25. The van der Waals surface area contributed by atoms with E-state index in [1.807, 2.05) is 0 Å². The number of nitrogens with two attached hydrogens (primary N) is 1. The first-order valence-corrected chi connectivity index (χ1v) is 6.19. The highest BCUT2D eigenvalue weighted by Crippen LogP contribution is 2.09. The maximum atomic E-state index is 9.00. The summed E-state index contributed by atoms with van der Waals surface area (Å²) >= 11 is 0. The Hall–Kier alpha value is -0.650. The van der Waals surface area contributed by atoms with Crippen molar-refractivity contribution in [3.8, 4) is 0 Å². The van der Waals surface area contributed by atoms with Crippen molar-refractivity contribution in [2.45, 2.75) is 58.8 Å². The van der Waals surface area contributed by atoms with Crippen LogP contribution in [0, 0.1) is 0 Å². The number of carboxylic acids is 1. The van der Waals surface area contributed by atoms with Gasteiger partial charge in [-0.05, 0) is 27.7 Å². The zero-order valence-corrected chi connectivity index (χ0v) is 11.6. The van der Waals surface area contributed by atoms with Crippen molar-refractivity contribution in [1.82, 2.24) is 10.2 Å². The van der Waals surface area contributed by atoms with Crippen molar-refractivity contribution in [1.29, 1.82) is 0 Å². The van der Waals surface area contributed by atoms with E-state index in [-0.39, 0.29) is 6.04 Å². The predicted molar refractivity (Wildman–Crippen MR) is 70.1 cm³/mol. The van der Waals surface area contributed by atoms with Crippen molar-refractivity contribution >= 4 is 5.97 Å². The van der Waals surface area contributed by atoms with Crippen LogP contribution in [0.4, 0.5) is 0 Å². The number of aliphatic carboxylic acids is 1. The molecule has 0 aliphatic carbocycles. The van der Waals surface area contributed by atoms with Crippen molar-refractivity contribution < 1.29 is 9.90 Å². The lowest BCUT2D eigenvalue weighted by Crippen LogP contribution is -2.59. The van der Waals surface area contributed by atoms with E-state index < -0.39 is 5.97 Å². The van der Waals surface area contributed by atoms with Crippen LogP contribution in [0.15, 0.2) is 0 Å². The molecule has 17 heavy (non-hydrogen) atoms. The van der Waals surface area contributed by atoms with E-state index >= 15 is 0 Å². The van der Waals surface area contributed by atoms with Gasteiger partial charge in [-0.25, -0.2) is 0 Å². The van der Waals surface area contributed by atoms with Gasteiger partial charge in [-0.15, -0.1) is 0 Å².